The van der Waals surface area contributed by atoms with E-state index in [-0.39, 0.29) is 11.3 Å². The van der Waals surface area contributed by atoms with Gasteiger partial charge in [-0.25, -0.2) is 4.79 Å². The SMILES string of the molecule is COCCN1C[C@@H](C)[C@@]2(COCCN(C(=O)c3ccno3)C2)C1.O=C(O)C(F)(F)F. The summed E-state index contributed by atoms with van der Waals surface area (Å²) in [6.45, 7) is 8.36. The number of ether oxygens (including phenoxy) is 2. The second-order valence-corrected chi connectivity index (χ2v) is 7.45. The monoisotopic (exact) mass is 437 g/mol. The van der Waals surface area contributed by atoms with E-state index >= 15 is 0 Å². The van der Waals surface area contributed by atoms with E-state index < -0.39 is 12.1 Å². The van der Waals surface area contributed by atoms with Gasteiger partial charge in [-0.2, -0.15) is 13.2 Å². The molecule has 0 aliphatic carbocycles. The molecular formula is C18H26F3N3O6. The highest BCUT2D eigenvalue weighted by Crippen LogP contribution is 2.38. The molecule has 1 spiro atoms. The van der Waals surface area contributed by atoms with Crippen molar-refractivity contribution in [2.45, 2.75) is 13.1 Å². The second kappa shape index (κ2) is 10.2. The highest BCUT2D eigenvalue weighted by Gasteiger charge is 2.47. The van der Waals surface area contributed by atoms with Gasteiger partial charge in [-0.15, -0.1) is 0 Å². The number of nitrogens with zero attached hydrogens (tertiary/aromatic N) is 3. The number of alkyl halides is 3. The molecule has 1 aromatic heterocycles. The number of halogens is 3. The Morgan fingerprint density at radius 1 is 1.40 bits per heavy atom. The molecule has 1 N–H and O–H groups in total. The predicted octanol–water partition coefficient (Wildman–Crippen LogP) is 1.36. The maximum Gasteiger partial charge on any atom is 0.490 e. The Balaban J connectivity index is 0.000000396. The maximum absolute atomic E-state index is 12.6. The molecule has 9 nitrogen and oxygen atoms in total. The van der Waals surface area contributed by atoms with Gasteiger partial charge in [0.2, 0.25) is 5.76 Å². The standard InChI is InChI=1S/C16H25N3O4.C2HF3O2/c1-13-9-18(5-7-21-2)10-16(13)11-19(6-8-22-12-16)15(20)14-3-4-17-23-14;3-2(4,5)1(6)7/h3-4,13H,5-12H2,1-2H3;(H,6,7)/t13-,16+;/m1./s1. The number of amides is 1. The number of hydrogen-bond acceptors (Lipinski definition) is 7. The number of carboxylic acid groups (broad SMARTS) is 1. The van der Waals surface area contributed by atoms with Crippen LogP contribution in [-0.4, -0.2) is 97.8 Å². The summed E-state index contributed by atoms with van der Waals surface area (Å²) in [7, 11) is 1.72. The third kappa shape index (κ3) is 6.16. The highest BCUT2D eigenvalue weighted by molar-refractivity contribution is 5.91. The van der Waals surface area contributed by atoms with E-state index in [1.54, 1.807) is 13.2 Å². The van der Waals surface area contributed by atoms with E-state index in [1.807, 2.05) is 4.90 Å². The first-order valence-corrected chi connectivity index (χ1v) is 9.38. The van der Waals surface area contributed by atoms with Gasteiger partial charge in [0, 0.05) is 51.3 Å². The van der Waals surface area contributed by atoms with Crippen LogP contribution in [0.25, 0.3) is 0 Å². The minimum Gasteiger partial charge on any atom is -0.475 e. The van der Waals surface area contributed by atoms with Gasteiger partial charge < -0.3 is 28.9 Å². The summed E-state index contributed by atoms with van der Waals surface area (Å²) in [5.41, 5.74) is -0.0279. The van der Waals surface area contributed by atoms with Crippen molar-refractivity contribution in [2.75, 3.05) is 59.7 Å². The summed E-state index contributed by atoms with van der Waals surface area (Å²) < 4.78 is 47.8. The Morgan fingerprint density at radius 2 is 2.10 bits per heavy atom. The van der Waals surface area contributed by atoms with Crippen LogP contribution < -0.4 is 0 Å². The Morgan fingerprint density at radius 3 is 2.67 bits per heavy atom. The zero-order chi connectivity index (χ0) is 22.4. The smallest absolute Gasteiger partial charge is 0.475 e. The molecule has 0 bridgehead atoms. The van der Waals surface area contributed by atoms with Crippen molar-refractivity contribution in [3.63, 3.8) is 0 Å². The number of rotatable bonds is 4. The largest absolute Gasteiger partial charge is 0.490 e. The molecule has 0 aromatic carbocycles. The summed E-state index contributed by atoms with van der Waals surface area (Å²) in [5, 5.41) is 10.8. The number of likely N-dealkylation sites (tertiary alicyclic amines) is 1. The fourth-order valence-corrected chi connectivity index (χ4v) is 3.64. The third-order valence-electron chi connectivity index (χ3n) is 5.31. The van der Waals surface area contributed by atoms with Gasteiger partial charge in [-0.05, 0) is 5.92 Å². The quantitative estimate of drug-likeness (QED) is 0.753. The molecule has 2 atom stereocenters. The average molecular weight is 437 g/mol. The lowest BCUT2D eigenvalue weighted by molar-refractivity contribution is -0.192. The van der Waals surface area contributed by atoms with Crippen LogP contribution in [0, 0.1) is 11.3 Å². The zero-order valence-corrected chi connectivity index (χ0v) is 16.9. The topological polar surface area (TPSA) is 105 Å². The first kappa shape index (κ1) is 24.1. The van der Waals surface area contributed by atoms with Crippen LogP contribution in [0.2, 0.25) is 0 Å². The molecule has 0 saturated carbocycles. The number of carbonyl (C=O) groups excluding carboxylic acids is 1. The molecule has 30 heavy (non-hydrogen) atoms. The minimum atomic E-state index is -5.08. The van der Waals surface area contributed by atoms with Gasteiger partial charge in [-0.3, -0.25) is 4.79 Å². The van der Waals surface area contributed by atoms with Crippen molar-refractivity contribution in [1.29, 1.82) is 0 Å². The van der Waals surface area contributed by atoms with E-state index in [0.29, 0.717) is 38.0 Å². The highest BCUT2D eigenvalue weighted by atomic mass is 19.4. The van der Waals surface area contributed by atoms with E-state index in [1.165, 1.54) is 6.20 Å². The number of aromatic nitrogens is 1. The van der Waals surface area contributed by atoms with Crippen LogP contribution in [0.5, 0.6) is 0 Å². The average Bonchev–Trinajstić information content (AvgIpc) is 3.24. The number of aliphatic carboxylic acids is 1. The lowest BCUT2D eigenvalue weighted by atomic mass is 9.79. The van der Waals surface area contributed by atoms with Crippen molar-refractivity contribution >= 4 is 11.9 Å². The van der Waals surface area contributed by atoms with Crippen LogP contribution in [0.4, 0.5) is 13.2 Å². The molecular weight excluding hydrogens is 411 g/mol. The van der Waals surface area contributed by atoms with E-state index in [4.69, 9.17) is 23.9 Å². The summed E-state index contributed by atoms with van der Waals surface area (Å²) >= 11 is 0. The van der Waals surface area contributed by atoms with Gasteiger partial charge in [0.1, 0.15) is 0 Å². The maximum atomic E-state index is 12.6. The Hall–Kier alpha value is -2.18. The van der Waals surface area contributed by atoms with Crippen LogP contribution in [-0.2, 0) is 14.3 Å². The third-order valence-corrected chi connectivity index (χ3v) is 5.31. The Kier molecular flexibility index (Phi) is 8.21. The Labute approximate surface area is 171 Å². The molecule has 1 amide bonds. The van der Waals surface area contributed by atoms with Gasteiger partial charge >= 0.3 is 12.1 Å². The zero-order valence-electron chi connectivity index (χ0n) is 16.9. The van der Waals surface area contributed by atoms with Crippen LogP contribution >= 0.6 is 0 Å². The second-order valence-electron chi connectivity index (χ2n) is 7.45. The number of hydrogen-bond donors (Lipinski definition) is 1. The minimum absolute atomic E-state index is 0.0279. The van der Waals surface area contributed by atoms with Crippen molar-refractivity contribution in [2.24, 2.45) is 11.3 Å². The molecule has 0 radical (unpaired) electrons. The summed E-state index contributed by atoms with van der Waals surface area (Å²) in [6, 6.07) is 1.61. The van der Waals surface area contributed by atoms with Gasteiger partial charge in [0.05, 0.1) is 26.0 Å². The molecule has 12 heteroatoms. The molecule has 3 heterocycles. The van der Waals surface area contributed by atoms with Crippen molar-refractivity contribution < 1.29 is 41.9 Å². The summed E-state index contributed by atoms with van der Waals surface area (Å²) in [4.78, 5) is 25.8. The number of methoxy groups -OCH3 is 1. The lowest BCUT2D eigenvalue weighted by Gasteiger charge is -2.34. The molecule has 3 rings (SSSR count). The van der Waals surface area contributed by atoms with Crippen molar-refractivity contribution in [1.82, 2.24) is 15.0 Å². The molecule has 170 valence electrons. The van der Waals surface area contributed by atoms with E-state index in [9.17, 15) is 18.0 Å². The van der Waals surface area contributed by atoms with Crippen LogP contribution in [0.3, 0.4) is 0 Å². The molecule has 0 unspecified atom stereocenters. The van der Waals surface area contributed by atoms with Crippen molar-refractivity contribution in [3.8, 4) is 0 Å². The van der Waals surface area contributed by atoms with Crippen LogP contribution in [0.1, 0.15) is 17.5 Å². The summed E-state index contributed by atoms with van der Waals surface area (Å²) in [5.74, 6) is -2.10. The normalized spacial score (nSPS) is 25.0. The number of carbonyl (C=O) groups is 2. The molecule has 1 aromatic rings. The first-order valence-electron chi connectivity index (χ1n) is 9.38. The van der Waals surface area contributed by atoms with Gasteiger partial charge in [0.15, 0.2) is 0 Å². The van der Waals surface area contributed by atoms with E-state index in [0.717, 1.165) is 26.2 Å². The molecule has 2 saturated heterocycles. The molecule has 2 fully saturated rings. The Bertz CT molecular complexity index is 700. The molecule has 2 aliphatic heterocycles. The van der Waals surface area contributed by atoms with Crippen molar-refractivity contribution in [3.05, 3.63) is 18.0 Å². The fourth-order valence-electron chi connectivity index (χ4n) is 3.64. The van der Waals surface area contributed by atoms with Gasteiger partial charge in [0.25, 0.3) is 5.91 Å². The lowest BCUT2D eigenvalue weighted by Crippen LogP contribution is -2.45. The van der Waals surface area contributed by atoms with Crippen LogP contribution in [0.15, 0.2) is 16.8 Å². The predicted molar refractivity (Wildman–Crippen MR) is 96.8 cm³/mol. The first-order chi connectivity index (χ1) is 14.1. The molecule has 2 aliphatic rings. The van der Waals surface area contributed by atoms with E-state index in [2.05, 4.69) is 17.0 Å². The fraction of sp³-hybridized carbons (Fsp3) is 0.722. The number of carboxylic acids is 1. The summed E-state index contributed by atoms with van der Waals surface area (Å²) in [6.07, 6.45) is -3.58. The van der Waals surface area contributed by atoms with Gasteiger partial charge in [-0.1, -0.05) is 12.1 Å².